The Kier molecular flexibility index (Phi) is 10.5. The minimum absolute atomic E-state index is 0.0348. The number of halogens is 2. The number of hydrogen-bond acceptors (Lipinski definition) is 10. The van der Waals surface area contributed by atoms with Crippen molar-refractivity contribution < 1.29 is 36.8 Å². The molecule has 0 bridgehead atoms. The summed E-state index contributed by atoms with van der Waals surface area (Å²) in [6.07, 6.45) is 0.975. The minimum atomic E-state index is -4.55. The summed E-state index contributed by atoms with van der Waals surface area (Å²) >= 11 is 12.3. The molecule has 1 aliphatic rings. The second-order valence-electron chi connectivity index (χ2n) is 11.6. The van der Waals surface area contributed by atoms with Crippen LogP contribution in [0.2, 0.25) is 10.0 Å². The summed E-state index contributed by atoms with van der Waals surface area (Å²) in [6.45, 7) is 8.67. The van der Waals surface area contributed by atoms with Crippen molar-refractivity contribution >= 4 is 76.2 Å². The van der Waals surface area contributed by atoms with Crippen LogP contribution in [0.25, 0.3) is 16.7 Å². The summed E-state index contributed by atoms with van der Waals surface area (Å²) in [5, 5.41) is 9.28. The fourth-order valence-corrected chi connectivity index (χ4v) is 8.34. The molecule has 14 nitrogen and oxygen atoms in total. The molecule has 5 rings (SSSR count). The van der Waals surface area contributed by atoms with Crippen LogP contribution in [0, 0.1) is 0 Å². The van der Waals surface area contributed by atoms with Crippen LogP contribution >= 0.6 is 31.7 Å². The van der Waals surface area contributed by atoms with Gasteiger partial charge in [0.25, 0.3) is 10.0 Å². The number of urea groups is 1. The Morgan fingerprint density at radius 2 is 1.57 bits per heavy atom. The fraction of sp³-hybridized carbons (Fsp3) is 0.355. The summed E-state index contributed by atoms with van der Waals surface area (Å²) in [5.74, 6) is 0.650. The molecule has 0 N–H and O–H groups in total. The highest BCUT2D eigenvalue weighted by Gasteiger charge is 2.49. The lowest BCUT2D eigenvalue weighted by atomic mass is 10.2. The number of sulfonamides is 1. The molecule has 0 radical (unpaired) electrons. The van der Waals surface area contributed by atoms with E-state index in [4.69, 9.17) is 37.4 Å². The average molecular weight is 752 g/mol. The van der Waals surface area contributed by atoms with Gasteiger partial charge in [-0.2, -0.15) is 0 Å². The van der Waals surface area contributed by atoms with Crippen molar-refractivity contribution in [2.24, 2.45) is 0 Å². The van der Waals surface area contributed by atoms with Crippen molar-refractivity contribution in [3.63, 3.8) is 0 Å². The molecule has 3 amide bonds. The van der Waals surface area contributed by atoms with E-state index >= 15 is 0 Å². The molecular weight excluding hydrogens is 718 g/mol. The lowest BCUT2D eigenvalue weighted by Crippen LogP contribution is -2.52. The number of aromatic nitrogens is 3. The Labute approximate surface area is 294 Å². The molecule has 18 heteroatoms. The van der Waals surface area contributed by atoms with Gasteiger partial charge in [-0.1, -0.05) is 23.2 Å². The second-order valence-corrected chi connectivity index (χ2v) is 15.0. The molecule has 2 aromatic carbocycles. The smallest absolute Gasteiger partial charge is 0.418 e. The molecule has 0 atom stereocenters. The Balaban J connectivity index is 1.50. The van der Waals surface area contributed by atoms with Gasteiger partial charge >= 0.3 is 17.8 Å². The van der Waals surface area contributed by atoms with Gasteiger partial charge in [0.2, 0.25) is 8.46 Å². The van der Waals surface area contributed by atoms with E-state index < -0.39 is 41.9 Å². The number of ether oxygens (including phenoxy) is 3. The van der Waals surface area contributed by atoms with Crippen LogP contribution in [0.3, 0.4) is 0 Å². The maximum Gasteiger partial charge on any atom is 0.418 e. The molecule has 1 saturated heterocycles. The SMILES string of the molecule is CCOC(OCC)(P=O)N(c1ccc2c(ccn2-c2ccc(N3CCN(C(=O)OC(C)(C)C)C3=O)nn2)c1)S(=O)(=O)c1cc(Cl)cc(Cl)c1. The van der Waals surface area contributed by atoms with E-state index in [1.54, 1.807) is 75.7 Å². The maximum absolute atomic E-state index is 14.3. The van der Waals surface area contributed by atoms with E-state index in [9.17, 15) is 22.6 Å². The average Bonchev–Trinajstić information content (AvgIpc) is 3.63. The number of anilines is 2. The van der Waals surface area contributed by atoms with E-state index in [-0.39, 0.29) is 52.7 Å². The first-order valence-electron chi connectivity index (χ1n) is 15.0. The quantitative estimate of drug-likeness (QED) is 0.115. The van der Waals surface area contributed by atoms with E-state index in [0.29, 0.717) is 16.7 Å². The number of hydrogen-bond donors (Lipinski definition) is 0. The molecule has 260 valence electrons. The molecule has 0 spiro atoms. The van der Waals surface area contributed by atoms with Gasteiger partial charge in [-0.25, -0.2) is 27.2 Å². The summed E-state index contributed by atoms with van der Waals surface area (Å²) in [5.41, 5.74) is -2.31. The van der Waals surface area contributed by atoms with Crippen molar-refractivity contribution in [1.82, 2.24) is 19.7 Å². The Morgan fingerprint density at radius 3 is 2.14 bits per heavy atom. The first kappa shape index (κ1) is 36.4. The normalized spacial score (nSPS) is 14.2. The van der Waals surface area contributed by atoms with Crippen LogP contribution in [-0.4, -0.2) is 77.8 Å². The zero-order valence-electron chi connectivity index (χ0n) is 27.2. The van der Waals surface area contributed by atoms with Gasteiger partial charge in [-0.05, 0) is 89.2 Å². The Morgan fingerprint density at radius 1 is 0.939 bits per heavy atom. The molecule has 2 aromatic heterocycles. The van der Waals surface area contributed by atoms with Gasteiger partial charge in [-0.3, -0.25) is 14.0 Å². The topological polar surface area (TPSA) is 153 Å². The third kappa shape index (κ3) is 7.37. The van der Waals surface area contributed by atoms with Crippen LogP contribution in [0.4, 0.5) is 21.1 Å². The number of imide groups is 1. The second kappa shape index (κ2) is 14.2. The number of carbonyl (C=O) groups excluding carboxylic acids is 2. The van der Waals surface area contributed by atoms with Gasteiger partial charge in [-0.15, -0.1) is 10.2 Å². The molecule has 49 heavy (non-hydrogen) atoms. The van der Waals surface area contributed by atoms with Crippen molar-refractivity contribution in [2.45, 2.75) is 50.8 Å². The standard InChI is InChI=1S/C31H33Cl2N6O8PS/c1-6-45-31(48-42,46-7-2)39(49(43,44)24-18-21(32)17-22(33)19-24)23-8-9-25-20(16-23)12-13-36(25)26-10-11-27(35-34-26)37-14-15-38(28(37)40)29(41)47-30(3,4)5/h8-13,16-19H,6-7,14-15H2,1-5H3. The molecule has 1 fully saturated rings. The molecule has 0 unspecified atom stereocenters. The monoisotopic (exact) mass is 750 g/mol. The number of fused-ring (bicyclic) bond motifs is 1. The minimum Gasteiger partial charge on any atom is -0.443 e. The summed E-state index contributed by atoms with van der Waals surface area (Å²) < 4.78 is 60.6. The first-order valence-corrected chi connectivity index (χ1v) is 18.1. The third-order valence-corrected chi connectivity index (χ3v) is 10.1. The lowest BCUT2D eigenvalue weighted by Gasteiger charge is -2.37. The highest BCUT2D eigenvalue weighted by atomic mass is 35.5. The van der Waals surface area contributed by atoms with Gasteiger partial charge in [0.15, 0.2) is 11.6 Å². The van der Waals surface area contributed by atoms with Crippen molar-refractivity contribution in [3.8, 4) is 5.82 Å². The lowest BCUT2D eigenvalue weighted by molar-refractivity contribution is -0.160. The summed E-state index contributed by atoms with van der Waals surface area (Å²) in [4.78, 5) is 27.5. The maximum atomic E-state index is 14.3. The number of carbonyl (C=O) groups is 2. The highest BCUT2D eigenvalue weighted by Crippen LogP contribution is 2.42. The molecule has 1 aliphatic heterocycles. The van der Waals surface area contributed by atoms with Gasteiger partial charge in [0, 0.05) is 41.4 Å². The summed E-state index contributed by atoms with van der Waals surface area (Å²) in [6, 6.07) is 13.0. The molecular formula is C31H33Cl2N6O8PS. The predicted octanol–water partition coefficient (Wildman–Crippen LogP) is 7.08. The third-order valence-electron chi connectivity index (χ3n) is 7.10. The fourth-order valence-electron chi connectivity index (χ4n) is 5.14. The number of amides is 3. The van der Waals surface area contributed by atoms with Gasteiger partial charge in [0.05, 0.1) is 22.6 Å². The van der Waals surface area contributed by atoms with Crippen LogP contribution < -0.4 is 9.21 Å². The zero-order chi connectivity index (χ0) is 35.7. The molecule has 4 aromatic rings. The summed E-state index contributed by atoms with van der Waals surface area (Å²) in [7, 11) is -5.33. The molecule has 3 heterocycles. The number of rotatable bonds is 11. The molecule has 0 saturated carbocycles. The van der Waals surface area contributed by atoms with Crippen molar-refractivity contribution in [1.29, 1.82) is 0 Å². The van der Waals surface area contributed by atoms with Gasteiger partial charge in [0.1, 0.15) is 5.60 Å². The van der Waals surface area contributed by atoms with Crippen LogP contribution in [0.5, 0.6) is 0 Å². The van der Waals surface area contributed by atoms with E-state index in [2.05, 4.69) is 10.2 Å². The number of nitrogens with zero attached hydrogens (tertiary/aromatic N) is 6. The van der Waals surface area contributed by atoms with Crippen LogP contribution in [0.1, 0.15) is 34.6 Å². The van der Waals surface area contributed by atoms with Crippen LogP contribution in [0.15, 0.2) is 65.7 Å². The molecule has 0 aliphatic carbocycles. The van der Waals surface area contributed by atoms with Crippen molar-refractivity contribution in [2.75, 3.05) is 35.5 Å². The van der Waals surface area contributed by atoms with Crippen LogP contribution in [-0.2, 0) is 28.8 Å². The van der Waals surface area contributed by atoms with E-state index in [0.717, 1.165) is 9.21 Å². The van der Waals surface area contributed by atoms with E-state index in [1.807, 2.05) is 0 Å². The van der Waals surface area contributed by atoms with Gasteiger partial charge < -0.3 is 14.2 Å². The largest absolute Gasteiger partial charge is 0.443 e. The predicted molar refractivity (Wildman–Crippen MR) is 184 cm³/mol. The van der Waals surface area contributed by atoms with E-state index in [1.165, 1.54) is 29.2 Å². The highest BCUT2D eigenvalue weighted by molar-refractivity contribution is 7.93. The Hall–Kier alpha value is -3.85. The van der Waals surface area contributed by atoms with Crippen molar-refractivity contribution in [3.05, 3.63) is 70.8 Å². The first-order chi connectivity index (χ1) is 23.1. The number of benzene rings is 2. The Bertz CT molecular complexity index is 1980. The zero-order valence-corrected chi connectivity index (χ0v) is 30.4.